The molecule has 1 atom stereocenters. The highest BCUT2D eigenvalue weighted by Gasteiger charge is 2.17. The lowest BCUT2D eigenvalue weighted by Crippen LogP contribution is -2.49. The Morgan fingerprint density at radius 3 is 3.21 bits per heavy atom. The van der Waals surface area contributed by atoms with Crippen molar-refractivity contribution in [2.45, 2.75) is 38.6 Å². The largest absolute Gasteiger partial charge is 0.314 e. The normalized spacial score (nSPS) is 29.2. The average molecular weight is 194 g/mol. The number of nitrogens with one attached hydrogen (secondary N) is 1. The number of rotatable bonds is 3. The molecule has 0 radical (unpaired) electrons. The third-order valence-corrected chi connectivity index (χ3v) is 3.49. The molecule has 1 aliphatic heterocycles. The predicted molar refractivity (Wildman–Crippen MR) is 60.5 cm³/mol. The topological polar surface area (TPSA) is 15.3 Å². The van der Waals surface area contributed by atoms with Crippen molar-refractivity contribution in [3.05, 3.63) is 11.6 Å². The number of piperazine rings is 1. The summed E-state index contributed by atoms with van der Waals surface area (Å²) in [6, 6.07) is 0.728. The van der Waals surface area contributed by atoms with Gasteiger partial charge in [0.15, 0.2) is 0 Å². The van der Waals surface area contributed by atoms with Crippen molar-refractivity contribution in [3.63, 3.8) is 0 Å². The standard InChI is InChI=1S/C12H22N2/c1-11-10-13-7-9-14(11)8-6-12-4-2-3-5-12/h4,11,13H,2-3,5-10H2,1H3. The van der Waals surface area contributed by atoms with Gasteiger partial charge in [-0.3, -0.25) is 4.90 Å². The van der Waals surface area contributed by atoms with Crippen LogP contribution in [0.1, 0.15) is 32.6 Å². The molecule has 2 rings (SSSR count). The van der Waals surface area contributed by atoms with E-state index in [1.807, 2.05) is 0 Å². The summed E-state index contributed by atoms with van der Waals surface area (Å²) in [6.07, 6.45) is 7.84. The summed E-state index contributed by atoms with van der Waals surface area (Å²) in [5.41, 5.74) is 1.70. The SMILES string of the molecule is CC1CNCCN1CCC1=CCCC1. The fourth-order valence-electron chi connectivity index (χ4n) is 2.47. The number of allylic oxidation sites excluding steroid dienone is 1. The van der Waals surface area contributed by atoms with Crippen molar-refractivity contribution < 1.29 is 0 Å². The van der Waals surface area contributed by atoms with E-state index in [0.717, 1.165) is 6.04 Å². The van der Waals surface area contributed by atoms with Gasteiger partial charge >= 0.3 is 0 Å². The minimum atomic E-state index is 0.728. The van der Waals surface area contributed by atoms with Crippen molar-refractivity contribution >= 4 is 0 Å². The van der Waals surface area contributed by atoms with Gasteiger partial charge in [-0.2, -0.15) is 0 Å². The van der Waals surface area contributed by atoms with E-state index in [2.05, 4.69) is 23.2 Å². The van der Waals surface area contributed by atoms with Crippen LogP contribution in [-0.4, -0.2) is 37.1 Å². The molecule has 0 aromatic rings. The second kappa shape index (κ2) is 4.94. The molecule has 14 heavy (non-hydrogen) atoms. The Morgan fingerprint density at radius 1 is 1.57 bits per heavy atom. The van der Waals surface area contributed by atoms with Gasteiger partial charge in [-0.15, -0.1) is 0 Å². The van der Waals surface area contributed by atoms with Crippen LogP contribution in [-0.2, 0) is 0 Å². The fourth-order valence-corrected chi connectivity index (χ4v) is 2.47. The van der Waals surface area contributed by atoms with Crippen LogP contribution in [0.15, 0.2) is 11.6 Å². The maximum atomic E-state index is 3.44. The third kappa shape index (κ3) is 2.58. The molecule has 2 heteroatoms. The van der Waals surface area contributed by atoms with Crippen molar-refractivity contribution in [2.24, 2.45) is 0 Å². The van der Waals surface area contributed by atoms with E-state index in [9.17, 15) is 0 Å². The van der Waals surface area contributed by atoms with Crippen LogP contribution in [0.5, 0.6) is 0 Å². The van der Waals surface area contributed by atoms with Crippen LogP contribution in [0.3, 0.4) is 0 Å². The van der Waals surface area contributed by atoms with E-state index in [1.54, 1.807) is 5.57 Å². The first-order chi connectivity index (χ1) is 6.86. The monoisotopic (exact) mass is 194 g/mol. The summed E-state index contributed by atoms with van der Waals surface area (Å²) in [5, 5.41) is 3.44. The Bertz CT molecular complexity index is 210. The molecule has 0 spiro atoms. The van der Waals surface area contributed by atoms with E-state index in [-0.39, 0.29) is 0 Å². The molecule has 1 N–H and O–H groups in total. The highest BCUT2D eigenvalue weighted by Crippen LogP contribution is 2.21. The highest BCUT2D eigenvalue weighted by molar-refractivity contribution is 5.07. The molecule has 0 saturated carbocycles. The molecule has 0 aromatic heterocycles. The minimum Gasteiger partial charge on any atom is -0.314 e. The van der Waals surface area contributed by atoms with E-state index in [1.165, 1.54) is 51.9 Å². The molecule has 0 amide bonds. The smallest absolute Gasteiger partial charge is 0.0193 e. The molecule has 2 aliphatic rings. The van der Waals surface area contributed by atoms with Crippen LogP contribution in [0, 0.1) is 0 Å². The maximum absolute atomic E-state index is 3.44. The van der Waals surface area contributed by atoms with Gasteiger partial charge in [0.25, 0.3) is 0 Å². The van der Waals surface area contributed by atoms with Gasteiger partial charge in [-0.25, -0.2) is 0 Å². The zero-order chi connectivity index (χ0) is 9.80. The highest BCUT2D eigenvalue weighted by atomic mass is 15.2. The van der Waals surface area contributed by atoms with Crippen molar-refractivity contribution in [3.8, 4) is 0 Å². The first-order valence-electron chi connectivity index (χ1n) is 5.99. The molecular weight excluding hydrogens is 172 g/mol. The molecule has 1 unspecified atom stereocenters. The Labute approximate surface area is 87.4 Å². The molecule has 1 saturated heterocycles. The van der Waals surface area contributed by atoms with Gasteiger partial charge < -0.3 is 5.32 Å². The lowest BCUT2D eigenvalue weighted by molar-refractivity contribution is 0.175. The molecular formula is C12H22N2. The summed E-state index contributed by atoms with van der Waals surface area (Å²) in [5.74, 6) is 0. The van der Waals surface area contributed by atoms with Crippen molar-refractivity contribution in [2.75, 3.05) is 26.2 Å². The molecule has 80 valence electrons. The molecule has 0 aromatic carbocycles. The summed E-state index contributed by atoms with van der Waals surface area (Å²) in [4.78, 5) is 2.62. The van der Waals surface area contributed by atoms with Gasteiger partial charge in [0, 0.05) is 32.2 Å². The Kier molecular flexibility index (Phi) is 3.60. The summed E-state index contributed by atoms with van der Waals surface area (Å²) >= 11 is 0. The Balaban J connectivity index is 1.73. The Morgan fingerprint density at radius 2 is 2.50 bits per heavy atom. The summed E-state index contributed by atoms with van der Waals surface area (Å²) in [6.45, 7) is 7.17. The molecule has 1 fully saturated rings. The maximum Gasteiger partial charge on any atom is 0.0193 e. The summed E-state index contributed by atoms with van der Waals surface area (Å²) in [7, 11) is 0. The first kappa shape index (κ1) is 10.2. The lowest BCUT2D eigenvalue weighted by atomic mass is 10.1. The van der Waals surface area contributed by atoms with E-state index >= 15 is 0 Å². The van der Waals surface area contributed by atoms with E-state index in [0.29, 0.717) is 0 Å². The molecule has 1 aliphatic carbocycles. The van der Waals surface area contributed by atoms with Crippen molar-refractivity contribution in [1.82, 2.24) is 10.2 Å². The second-order valence-electron chi connectivity index (χ2n) is 4.59. The van der Waals surface area contributed by atoms with Crippen LogP contribution < -0.4 is 5.32 Å². The average Bonchev–Trinajstić information content (AvgIpc) is 2.69. The van der Waals surface area contributed by atoms with Gasteiger partial charge in [-0.1, -0.05) is 11.6 Å². The number of hydrogen-bond acceptors (Lipinski definition) is 2. The fraction of sp³-hybridized carbons (Fsp3) is 0.833. The zero-order valence-electron chi connectivity index (χ0n) is 9.26. The van der Waals surface area contributed by atoms with E-state index in [4.69, 9.17) is 0 Å². The van der Waals surface area contributed by atoms with Crippen LogP contribution in [0.4, 0.5) is 0 Å². The predicted octanol–water partition coefficient (Wildman–Crippen LogP) is 1.78. The van der Waals surface area contributed by atoms with Gasteiger partial charge in [0.1, 0.15) is 0 Å². The van der Waals surface area contributed by atoms with Crippen LogP contribution >= 0.6 is 0 Å². The van der Waals surface area contributed by atoms with Gasteiger partial charge in [0.2, 0.25) is 0 Å². The number of nitrogens with zero attached hydrogens (tertiary/aromatic N) is 1. The number of hydrogen-bond donors (Lipinski definition) is 1. The van der Waals surface area contributed by atoms with Crippen LogP contribution in [0.25, 0.3) is 0 Å². The van der Waals surface area contributed by atoms with E-state index < -0.39 is 0 Å². The molecule has 1 heterocycles. The molecule has 2 nitrogen and oxygen atoms in total. The lowest BCUT2D eigenvalue weighted by Gasteiger charge is -2.33. The minimum absolute atomic E-state index is 0.728. The van der Waals surface area contributed by atoms with Gasteiger partial charge in [0.05, 0.1) is 0 Å². The zero-order valence-corrected chi connectivity index (χ0v) is 9.26. The first-order valence-corrected chi connectivity index (χ1v) is 5.99. The quantitative estimate of drug-likeness (QED) is 0.689. The third-order valence-electron chi connectivity index (χ3n) is 3.49. The Hall–Kier alpha value is -0.340. The summed E-state index contributed by atoms with van der Waals surface area (Å²) < 4.78 is 0. The second-order valence-corrected chi connectivity index (χ2v) is 4.59. The van der Waals surface area contributed by atoms with Crippen LogP contribution in [0.2, 0.25) is 0 Å². The van der Waals surface area contributed by atoms with Gasteiger partial charge in [-0.05, 0) is 32.6 Å². The van der Waals surface area contributed by atoms with Crippen molar-refractivity contribution in [1.29, 1.82) is 0 Å². The molecule has 0 bridgehead atoms.